The molecule has 9 rings (SSSR count). The molecule has 15 heteroatoms. The number of Topliss-reactive ketones (excluding diaryl/α,β-unsaturated/α-hetero) is 3. The Hall–Kier alpha value is -5.38. The molecule has 0 unspecified atom stereocenters. The summed E-state index contributed by atoms with van der Waals surface area (Å²) in [5.74, 6) is -2.62. The molecule has 4 fully saturated rings. The molecule has 0 aromatic heterocycles. The third-order valence-corrected chi connectivity index (χ3v) is 16.6. The lowest BCUT2D eigenvalue weighted by atomic mass is 9.43. The molecule has 3 saturated carbocycles. The number of benzene rings is 4. The number of nitrogens with two attached hydrogens (primary N) is 2. The predicted molar refractivity (Wildman–Crippen MR) is 279 cm³/mol. The highest BCUT2D eigenvalue weighted by Crippen LogP contribution is 2.66. The highest BCUT2D eigenvalue weighted by atomic mass is 35.5. The Bertz CT molecular complexity index is 2660. The molecule has 4 aromatic rings. The van der Waals surface area contributed by atoms with Crippen LogP contribution in [0.3, 0.4) is 0 Å². The number of nitrogens with zero attached hydrogens (tertiary/aromatic N) is 1. The van der Waals surface area contributed by atoms with E-state index in [0.717, 1.165) is 24.0 Å². The number of halogens is 1. The van der Waals surface area contributed by atoms with Gasteiger partial charge in [-0.2, -0.15) is 0 Å². The summed E-state index contributed by atoms with van der Waals surface area (Å²) in [5.41, 5.74) is 15.6. The molecule has 0 spiro atoms. The molecule has 2 aliphatic heterocycles. The fraction of sp³-hybridized carbons (Fsp3) is 0.491. The van der Waals surface area contributed by atoms with Gasteiger partial charge >= 0.3 is 7.12 Å². The van der Waals surface area contributed by atoms with Crippen LogP contribution in [0.25, 0.3) is 22.3 Å². The standard InChI is InChI=1S/C57H70BClN4O9/c1-33-25-49(67)53(63(6)55(69)40(9-7-8-22-60)30-47(65)38-13-11-36(12-14-38)37-15-18-42(59)19-16-37)39-17-21-50(70-24-23-61)44(29-39)43-27-35(10-20-46(43)64)28-45(62-54(33)68)48(66)26-34(2)58-71-52-32-41-31-51(56(41,3)4)57(52,5)72-58/h10-21,27,29,33-34,40-41,45,51-53,64H,7-9,22-26,28,30-32,60-61H2,1-6H3,(H,62,68)/t33-,34-,40-,41+,45+,51+,52-,53+,57+/m1/s1. The lowest BCUT2D eigenvalue weighted by Gasteiger charge is -2.64. The Morgan fingerprint density at radius 3 is 2.29 bits per heavy atom. The van der Waals surface area contributed by atoms with Gasteiger partial charge in [0.15, 0.2) is 17.3 Å². The van der Waals surface area contributed by atoms with E-state index in [1.165, 1.54) is 11.0 Å². The van der Waals surface area contributed by atoms with Crippen LogP contribution >= 0.6 is 11.6 Å². The number of phenolic OH excluding ortho intramolecular Hbond substituents is 1. The second-order valence-corrected chi connectivity index (χ2v) is 22.0. The van der Waals surface area contributed by atoms with Crippen molar-refractivity contribution < 1.29 is 43.1 Å². The number of amides is 2. The number of fused-ring (bicyclic) bond motifs is 5. The van der Waals surface area contributed by atoms with E-state index in [9.17, 15) is 29.1 Å². The molecule has 4 aromatic carbocycles. The van der Waals surface area contributed by atoms with Crippen LogP contribution in [-0.2, 0) is 34.9 Å². The van der Waals surface area contributed by atoms with Gasteiger partial charge in [0.1, 0.15) is 24.1 Å². The highest BCUT2D eigenvalue weighted by molar-refractivity contribution is 6.47. The van der Waals surface area contributed by atoms with Crippen molar-refractivity contribution in [2.24, 2.45) is 40.6 Å². The van der Waals surface area contributed by atoms with Gasteiger partial charge < -0.3 is 40.8 Å². The minimum absolute atomic E-state index is 0.0514. The van der Waals surface area contributed by atoms with Gasteiger partial charge in [0.2, 0.25) is 11.8 Å². The molecule has 3 aliphatic carbocycles. The number of hydrogen-bond acceptors (Lipinski definition) is 11. The van der Waals surface area contributed by atoms with E-state index >= 15 is 0 Å². The molecule has 0 radical (unpaired) electrons. The van der Waals surface area contributed by atoms with Crippen molar-refractivity contribution in [1.29, 1.82) is 0 Å². The molecule has 2 amide bonds. The number of ketones is 3. The zero-order valence-electron chi connectivity index (χ0n) is 42.5. The minimum Gasteiger partial charge on any atom is -0.507 e. The number of unbranched alkanes of at least 4 members (excludes halogenated alkanes) is 1. The van der Waals surface area contributed by atoms with Gasteiger partial charge in [-0.3, -0.25) is 24.0 Å². The molecule has 2 heterocycles. The fourth-order valence-corrected chi connectivity index (χ4v) is 12.0. The maximum Gasteiger partial charge on any atom is 0.461 e. The van der Waals surface area contributed by atoms with Gasteiger partial charge in [0.25, 0.3) is 0 Å². The van der Waals surface area contributed by atoms with E-state index in [0.29, 0.717) is 76.2 Å². The summed E-state index contributed by atoms with van der Waals surface area (Å²) in [6.07, 6.45) is 3.29. The van der Waals surface area contributed by atoms with Crippen LogP contribution in [0.2, 0.25) is 10.8 Å². The van der Waals surface area contributed by atoms with Crippen molar-refractivity contribution in [1.82, 2.24) is 10.2 Å². The number of carbonyl (C=O) groups is 5. The zero-order chi connectivity index (χ0) is 51.6. The Morgan fingerprint density at radius 1 is 0.903 bits per heavy atom. The monoisotopic (exact) mass is 1000 g/mol. The second kappa shape index (κ2) is 22.0. The van der Waals surface area contributed by atoms with Crippen molar-refractivity contribution in [2.75, 3.05) is 26.7 Å². The van der Waals surface area contributed by atoms with Gasteiger partial charge in [-0.1, -0.05) is 94.2 Å². The number of nitrogens with one attached hydrogen (secondary N) is 1. The van der Waals surface area contributed by atoms with Crippen LogP contribution in [-0.4, -0.2) is 90.8 Å². The summed E-state index contributed by atoms with van der Waals surface area (Å²) < 4.78 is 19.4. The van der Waals surface area contributed by atoms with Crippen molar-refractivity contribution in [3.63, 3.8) is 0 Å². The predicted octanol–water partition coefficient (Wildman–Crippen LogP) is 8.95. The molecule has 382 valence electrons. The lowest BCUT2D eigenvalue weighted by Crippen LogP contribution is -2.65. The van der Waals surface area contributed by atoms with Gasteiger partial charge in [-0.05, 0) is 127 Å². The summed E-state index contributed by atoms with van der Waals surface area (Å²) in [6, 6.07) is 22.5. The Kier molecular flexibility index (Phi) is 16.2. The first-order valence-corrected chi connectivity index (χ1v) is 26.0. The van der Waals surface area contributed by atoms with Gasteiger partial charge in [0, 0.05) is 66.4 Å². The zero-order valence-corrected chi connectivity index (χ0v) is 43.2. The summed E-state index contributed by atoms with van der Waals surface area (Å²) in [6.45, 7) is 11.1. The topological polar surface area (TPSA) is 201 Å². The molecule has 1 saturated heterocycles. The fourth-order valence-electron chi connectivity index (χ4n) is 11.9. The van der Waals surface area contributed by atoms with Crippen molar-refractivity contribution in [3.05, 3.63) is 107 Å². The summed E-state index contributed by atoms with van der Waals surface area (Å²) in [4.78, 5) is 74.1. The van der Waals surface area contributed by atoms with Crippen molar-refractivity contribution in [3.8, 4) is 33.8 Å². The number of aromatic hydroxyl groups is 1. The van der Waals surface area contributed by atoms with E-state index in [1.807, 2.05) is 31.2 Å². The maximum atomic E-state index is 14.9. The Morgan fingerprint density at radius 2 is 1.61 bits per heavy atom. The first kappa shape index (κ1) is 52.9. The van der Waals surface area contributed by atoms with Crippen LogP contribution in [0, 0.1) is 29.1 Å². The number of likely N-dealkylation sites (N-methyl/N-ethyl adjacent to an activating group) is 1. The summed E-state index contributed by atoms with van der Waals surface area (Å²) >= 11 is 6.10. The first-order chi connectivity index (χ1) is 34.3. The number of carbonyl (C=O) groups excluding carboxylic acids is 5. The molecular formula is C57H70BClN4O9. The van der Waals surface area contributed by atoms with Crippen molar-refractivity contribution in [2.45, 2.75) is 122 Å². The van der Waals surface area contributed by atoms with E-state index in [4.69, 9.17) is 37.1 Å². The third-order valence-electron chi connectivity index (χ3n) is 16.3. The van der Waals surface area contributed by atoms with Crippen LogP contribution in [0.15, 0.2) is 84.9 Å². The Balaban J connectivity index is 1.08. The minimum atomic E-state index is -1.22. The average molecular weight is 1000 g/mol. The first-order valence-electron chi connectivity index (χ1n) is 25.7. The number of ether oxygens (including phenoxy) is 1. The molecule has 9 atom stereocenters. The SMILES string of the molecule is C[C@H](CC(=O)[C@@H]1Cc2ccc(O)c(c2)-c2cc(ccc2OCCN)[C@H](N(C)C(=O)[C@H](CCCCN)CC(=O)c2ccc(-c3ccc(Cl)cc3)cc2)C(=O)C[C@@H](C)C(=O)N1)B1O[C@@H]2C[C@@H]3C[C@@H](C3(C)C)[C@]2(C)O1. The van der Waals surface area contributed by atoms with E-state index in [1.54, 1.807) is 68.6 Å². The third kappa shape index (κ3) is 10.9. The number of phenols is 1. The summed E-state index contributed by atoms with van der Waals surface area (Å²) in [5, 5.41) is 15.1. The summed E-state index contributed by atoms with van der Waals surface area (Å²) in [7, 11) is 0.954. The van der Waals surface area contributed by atoms with Gasteiger partial charge in [-0.15, -0.1) is 0 Å². The quantitative estimate of drug-likeness (QED) is 0.0447. The van der Waals surface area contributed by atoms with E-state index in [2.05, 4.69) is 26.1 Å². The second-order valence-electron chi connectivity index (χ2n) is 21.6. The van der Waals surface area contributed by atoms with Crippen LogP contribution in [0.5, 0.6) is 11.5 Å². The lowest BCUT2D eigenvalue weighted by molar-refractivity contribution is -0.199. The molecule has 5 aliphatic rings. The molecule has 6 N–H and O–H groups in total. The van der Waals surface area contributed by atoms with Gasteiger partial charge in [0.05, 0.1) is 17.7 Å². The van der Waals surface area contributed by atoms with Crippen molar-refractivity contribution >= 4 is 47.9 Å². The van der Waals surface area contributed by atoms with Gasteiger partial charge in [-0.25, -0.2) is 0 Å². The smallest absolute Gasteiger partial charge is 0.461 e. The molecular weight excluding hydrogens is 931 g/mol. The van der Waals surface area contributed by atoms with Crippen LogP contribution in [0.1, 0.15) is 114 Å². The maximum absolute atomic E-state index is 14.9. The number of hydrogen-bond donors (Lipinski definition) is 4. The van der Waals surface area contributed by atoms with Crippen LogP contribution in [0.4, 0.5) is 0 Å². The van der Waals surface area contributed by atoms with E-state index < -0.39 is 54.2 Å². The average Bonchev–Trinajstić information content (AvgIpc) is 3.73. The Labute approximate surface area is 429 Å². The molecule has 72 heavy (non-hydrogen) atoms. The van der Waals surface area contributed by atoms with E-state index in [-0.39, 0.29) is 73.5 Å². The molecule has 13 nitrogen and oxygen atoms in total. The molecule has 6 bridgehead atoms. The van der Waals surface area contributed by atoms with Crippen LogP contribution < -0.4 is 21.5 Å². The number of rotatable bonds is 17. The normalized spacial score (nSPS) is 25.3. The largest absolute Gasteiger partial charge is 0.507 e. The highest BCUT2D eigenvalue weighted by Gasteiger charge is 2.68.